The highest BCUT2D eigenvalue weighted by Crippen LogP contribution is 2.18. The van der Waals surface area contributed by atoms with Crippen molar-refractivity contribution in [3.63, 3.8) is 0 Å². The van der Waals surface area contributed by atoms with E-state index in [0.29, 0.717) is 11.7 Å². The summed E-state index contributed by atoms with van der Waals surface area (Å²) in [5.41, 5.74) is 0. The molecule has 0 saturated carbocycles. The molecule has 0 bridgehead atoms. The summed E-state index contributed by atoms with van der Waals surface area (Å²) >= 11 is 0. The molecule has 0 aromatic rings. The van der Waals surface area contributed by atoms with Crippen LogP contribution in [-0.4, -0.2) is 5.78 Å². The van der Waals surface area contributed by atoms with Gasteiger partial charge in [0.2, 0.25) is 0 Å². The highest BCUT2D eigenvalue weighted by Gasteiger charge is 2.11. The summed E-state index contributed by atoms with van der Waals surface area (Å²) < 4.78 is 0. The highest BCUT2D eigenvalue weighted by atomic mass is 16.1. The largest absolute Gasteiger partial charge is 0.300 e. The number of unbranched alkanes of at least 4 members (excludes halogenated alkanes) is 3. The summed E-state index contributed by atoms with van der Waals surface area (Å²) in [5, 5.41) is 0. The molecular formula is C14H28O. The minimum Gasteiger partial charge on any atom is -0.300 e. The lowest BCUT2D eigenvalue weighted by molar-refractivity contribution is -0.120. The zero-order valence-electron chi connectivity index (χ0n) is 10.8. The minimum absolute atomic E-state index is 0.492. The van der Waals surface area contributed by atoms with Crippen LogP contribution in [0.1, 0.15) is 78.6 Å². The minimum atomic E-state index is 0.492. The Balaban J connectivity index is 3.60. The molecule has 0 aliphatic carbocycles. The van der Waals surface area contributed by atoms with Crippen molar-refractivity contribution >= 4 is 5.78 Å². The van der Waals surface area contributed by atoms with Crippen LogP contribution in [0, 0.1) is 5.92 Å². The molecule has 0 fully saturated rings. The van der Waals surface area contributed by atoms with E-state index in [-0.39, 0.29) is 0 Å². The first-order valence-electron chi connectivity index (χ1n) is 6.76. The van der Waals surface area contributed by atoms with E-state index >= 15 is 0 Å². The van der Waals surface area contributed by atoms with Crippen LogP contribution in [0.2, 0.25) is 0 Å². The van der Waals surface area contributed by atoms with E-state index in [1.54, 1.807) is 0 Å². The van der Waals surface area contributed by atoms with Gasteiger partial charge in [-0.05, 0) is 12.3 Å². The second kappa shape index (κ2) is 10.2. The van der Waals surface area contributed by atoms with Crippen LogP contribution in [0.4, 0.5) is 0 Å². The number of carbonyl (C=O) groups excluding carboxylic acids is 1. The quantitative estimate of drug-likeness (QED) is 0.478. The van der Waals surface area contributed by atoms with Gasteiger partial charge in [0.25, 0.3) is 0 Å². The van der Waals surface area contributed by atoms with Crippen LogP contribution in [0.5, 0.6) is 0 Å². The van der Waals surface area contributed by atoms with Gasteiger partial charge >= 0.3 is 0 Å². The van der Waals surface area contributed by atoms with Crippen molar-refractivity contribution in [1.29, 1.82) is 0 Å². The SMILES string of the molecule is CCCCCC(=O)CC(CC)CCCC. The molecule has 0 aliphatic heterocycles. The van der Waals surface area contributed by atoms with E-state index in [2.05, 4.69) is 20.8 Å². The topological polar surface area (TPSA) is 17.1 Å². The normalized spacial score (nSPS) is 12.7. The van der Waals surface area contributed by atoms with Crippen molar-refractivity contribution in [2.24, 2.45) is 5.92 Å². The molecule has 0 aromatic carbocycles. The Labute approximate surface area is 95.6 Å². The molecule has 0 aliphatic rings. The van der Waals surface area contributed by atoms with Crippen LogP contribution in [-0.2, 0) is 4.79 Å². The third-order valence-electron chi connectivity index (χ3n) is 3.12. The first kappa shape index (κ1) is 14.7. The Hall–Kier alpha value is -0.330. The van der Waals surface area contributed by atoms with Crippen LogP contribution in [0.15, 0.2) is 0 Å². The fourth-order valence-electron chi connectivity index (χ4n) is 1.94. The number of hydrogen-bond acceptors (Lipinski definition) is 1. The molecule has 90 valence electrons. The number of ketones is 1. The molecule has 0 N–H and O–H groups in total. The molecular weight excluding hydrogens is 184 g/mol. The molecule has 15 heavy (non-hydrogen) atoms. The number of Topliss-reactive ketones (excluding diaryl/α,β-unsaturated/α-hetero) is 1. The maximum absolute atomic E-state index is 11.7. The number of carbonyl (C=O) groups is 1. The van der Waals surface area contributed by atoms with Gasteiger partial charge in [-0.15, -0.1) is 0 Å². The molecule has 1 heteroatoms. The van der Waals surface area contributed by atoms with Gasteiger partial charge in [0.05, 0.1) is 0 Å². The van der Waals surface area contributed by atoms with Crippen molar-refractivity contribution in [1.82, 2.24) is 0 Å². The van der Waals surface area contributed by atoms with Crippen LogP contribution < -0.4 is 0 Å². The Morgan fingerprint density at radius 2 is 1.67 bits per heavy atom. The molecule has 0 saturated heterocycles. The molecule has 0 aromatic heterocycles. The lowest BCUT2D eigenvalue weighted by Crippen LogP contribution is -2.07. The molecule has 1 atom stereocenters. The smallest absolute Gasteiger partial charge is 0.133 e. The first-order chi connectivity index (χ1) is 7.24. The Bertz CT molecular complexity index is 151. The average molecular weight is 212 g/mol. The van der Waals surface area contributed by atoms with Gasteiger partial charge in [0.1, 0.15) is 5.78 Å². The standard InChI is InChI=1S/C14H28O/c1-4-7-9-11-14(15)12-13(6-3)10-8-5-2/h13H,4-12H2,1-3H3. The first-order valence-corrected chi connectivity index (χ1v) is 6.76. The molecule has 1 unspecified atom stereocenters. The van der Waals surface area contributed by atoms with Gasteiger partial charge in [-0.1, -0.05) is 59.3 Å². The van der Waals surface area contributed by atoms with Crippen LogP contribution in [0.25, 0.3) is 0 Å². The maximum atomic E-state index is 11.7. The van der Waals surface area contributed by atoms with Gasteiger partial charge in [0.15, 0.2) is 0 Å². The monoisotopic (exact) mass is 212 g/mol. The second-order valence-electron chi connectivity index (χ2n) is 4.62. The molecule has 0 rings (SSSR count). The lowest BCUT2D eigenvalue weighted by Gasteiger charge is -2.13. The number of rotatable bonds is 10. The van der Waals surface area contributed by atoms with E-state index in [0.717, 1.165) is 19.3 Å². The molecule has 0 spiro atoms. The summed E-state index contributed by atoms with van der Waals surface area (Å²) in [6.07, 6.45) is 10.1. The summed E-state index contributed by atoms with van der Waals surface area (Å²) in [7, 11) is 0. The molecule has 1 nitrogen and oxygen atoms in total. The Morgan fingerprint density at radius 3 is 2.20 bits per heavy atom. The third-order valence-corrected chi connectivity index (χ3v) is 3.12. The van der Waals surface area contributed by atoms with Gasteiger partial charge in [-0.2, -0.15) is 0 Å². The van der Waals surface area contributed by atoms with E-state index in [1.165, 1.54) is 38.5 Å². The van der Waals surface area contributed by atoms with Crippen LogP contribution >= 0.6 is 0 Å². The zero-order chi connectivity index (χ0) is 11.5. The molecule has 0 amide bonds. The van der Waals surface area contributed by atoms with Gasteiger partial charge < -0.3 is 0 Å². The van der Waals surface area contributed by atoms with Crippen molar-refractivity contribution in [3.05, 3.63) is 0 Å². The summed E-state index contributed by atoms with van der Waals surface area (Å²) in [6, 6.07) is 0. The zero-order valence-corrected chi connectivity index (χ0v) is 10.8. The Kier molecular flexibility index (Phi) is 9.97. The van der Waals surface area contributed by atoms with Crippen molar-refractivity contribution in [2.75, 3.05) is 0 Å². The van der Waals surface area contributed by atoms with Crippen molar-refractivity contribution < 1.29 is 4.79 Å². The molecule has 0 heterocycles. The summed E-state index contributed by atoms with van der Waals surface area (Å²) in [6.45, 7) is 6.61. The van der Waals surface area contributed by atoms with E-state index in [4.69, 9.17) is 0 Å². The number of hydrogen-bond donors (Lipinski definition) is 0. The Morgan fingerprint density at radius 1 is 1.00 bits per heavy atom. The predicted octanol–water partition coefficient (Wildman–Crippen LogP) is 4.74. The summed E-state index contributed by atoms with van der Waals surface area (Å²) in [4.78, 5) is 11.7. The maximum Gasteiger partial charge on any atom is 0.133 e. The summed E-state index contributed by atoms with van der Waals surface area (Å²) in [5.74, 6) is 1.14. The van der Waals surface area contributed by atoms with E-state index < -0.39 is 0 Å². The van der Waals surface area contributed by atoms with Crippen molar-refractivity contribution in [2.45, 2.75) is 78.6 Å². The highest BCUT2D eigenvalue weighted by molar-refractivity contribution is 5.78. The third kappa shape index (κ3) is 8.65. The van der Waals surface area contributed by atoms with Crippen molar-refractivity contribution in [3.8, 4) is 0 Å². The average Bonchev–Trinajstić information content (AvgIpc) is 2.24. The predicted molar refractivity (Wildman–Crippen MR) is 67.1 cm³/mol. The van der Waals surface area contributed by atoms with Crippen LogP contribution in [0.3, 0.4) is 0 Å². The lowest BCUT2D eigenvalue weighted by atomic mass is 9.92. The van der Waals surface area contributed by atoms with E-state index in [1.807, 2.05) is 0 Å². The molecule has 0 radical (unpaired) electrons. The fraction of sp³-hybridized carbons (Fsp3) is 0.929. The van der Waals surface area contributed by atoms with E-state index in [9.17, 15) is 4.79 Å². The van der Waals surface area contributed by atoms with Gasteiger partial charge in [0, 0.05) is 12.8 Å². The fourth-order valence-corrected chi connectivity index (χ4v) is 1.94. The van der Waals surface area contributed by atoms with Gasteiger partial charge in [-0.3, -0.25) is 4.79 Å². The second-order valence-corrected chi connectivity index (χ2v) is 4.62. The van der Waals surface area contributed by atoms with Gasteiger partial charge in [-0.25, -0.2) is 0 Å².